The highest BCUT2D eigenvalue weighted by Crippen LogP contribution is 2.23. The Morgan fingerprint density at radius 3 is 2.00 bits per heavy atom. The van der Waals surface area contributed by atoms with E-state index in [1.165, 1.54) is 18.3 Å². The molecule has 0 spiro atoms. The smallest absolute Gasteiger partial charge is 0.264 e. The van der Waals surface area contributed by atoms with Gasteiger partial charge in [-0.1, -0.05) is 23.8 Å². The fourth-order valence-electron chi connectivity index (χ4n) is 2.91. The molecule has 0 aliphatic carbocycles. The van der Waals surface area contributed by atoms with Crippen molar-refractivity contribution < 1.29 is 18.0 Å². The van der Waals surface area contributed by atoms with Crippen molar-refractivity contribution in [2.45, 2.75) is 18.7 Å². The molecule has 160 valence electrons. The van der Waals surface area contributed by atoms with Gasteiger partial charge in [0.25, 0.3) is 15.9 Å². The number of sulfonamides is 1. The highest BCUT2D eigenvalue weighted by molar-refractivity contribution is 7.92. The molecule has 3 aromatic carbocycles. The second-order valence-electron chi connectivity index (χ2n) is 7.05. The van der Waals surface area contributed by atoms with Crippen LogP contribution in [0.1, 0.15) is 22.8 Å². The molecule has 2 N–H and O–H groups in total. The van der Waals surface area contributed by atoms with Crippen molar-refractivity contribution in [2.24, 2.45) is 0 Å². The summed E-state index contributed by atoms with van der Waals surface area (Å²) < 4.78 is 26.8. The maximum Gasteiger partial charge on any atom is 0.264 e. The lowest BCUT2D eigenvalue weighted by Gasteiger charge is -2.20. The molecule has 0 aliphatic rings. The molecule has 0 aromatic heterocycles. The Bertz CT molecular complexity index is 1200. The topological polar surface area (TPSA) is 95.6 Å². The van der Waals surface area contributed by atoms with E-state index in [0.717, 1.165) is 5.56 Å². The normalized spacial score (nSPS) is 10.9. The number of hydrogen-bond acceptors (Lipinski definition) is 4. The third-order valence-electron chi connectivity index (χ3n) is 4.61. The summed E-state index contributed by atoms with van der Waals surface area (Å²) in [6.07, 6.45) is 0. The van der Waals surface area contributed by atoms with Gasteiger partial charge in [-0.15, -0.1) is 0 Å². The van der Waals surface area contributed by atoms with Crippen LogP contribution in [0.15, 0.2) is 77.7 Å². The number of amides is 2. The zero-order valence-electron chi connectivity index (χ0n) is 17.4. The second kappa shape index (κ2) is 9.01. The molecular formula is C23H23N3O4S. The van der Waals surface area contributed by atoms with Crippen molar-refractivity contribution in [1.82, 2.24) is 0 Å². The van der Waals surface area contributed by atoms with Crippen LogP contribution in [0.3, 0.4) is 0 Å². The predicted molar refractivity (Wildman–Crippen MR) is 122 cm³/mol. The third-order valence-corrected chi connectivity index (χ3v) is 6.41. The molecule has 31 heavy (non-hydrogen) atoms. The van der Waals surface area contributed by atoms with Crippen LogP contribution in [-0.4, -0.2) is 27.3 Å². The van der Waals surface area contributed by atoms with Crippen LogP contribution in [0, 0.1) is 6.92 Å². The lowest BCUT2D eigenvalue weighted by molar-refractivity contribution is -0.114. The molecule has 8 heteroatoms. The molecule has 3 aromatic rings. The number of rotatable bonds is 6. The van der Waals surface area contributed by atoms with Crippen LogP contribution in [0.4, 0.5) is 17.1 Å². The number of nitrogens with zero attached hydrogens (tertiary/aromatic N) is 1. The van der Waals surface area contributed by atoms with Crippen LogP contribution in [0.5, 0.6) is 0 Å². The highest BCUT2D eigenvalue weighted by Gasteiger charge is 2.21. The van der Waals surface area contributed by atoms with Gasteiger partial charge in [0.1, 0.15) is 0 Å². The molecule has 0 bridgehead atoms. The summed E-state index contributed by atoms with van der Waals surface area (Å²) >= 11 is 0. The lowest BCUT2D eigenvalue weighted by Crippen LogP contribution is -2.26. The minimum atomic E-state index is -3.71. The number of nitrogens with one attached hydrogen (secondary N) is 2. The van der Waals surface area contributed by atoms with E-state index in [4.69, 9.17) is 0 Å². The largest absolute Gasteiger partial charge is 0.326 e. The van der Waals surface area contributed by atoms with Crippen molar-refractivity contribution in [3.05, 3.63) is 83.9 Å². The monoisotopic (exact) mass is 437 g/mol. The first kappa shape index (κ1) is 22.0. The van der Waals surface area contributed by atoms with Crippen LogP contribution in [0.2, 0.25) is 0 Å². The first-order chi connectivity index (χ1) is 14.7. The first-order valence-electron chi connectivity index (χ1n) is 9.51. The Morgan fingerprint density at radius 2 is 1.42 bits per heavy atom. The van der Waals surface area contributed by atoms with Crippen molar-refractivity contribution in [3.8, 4) is 0 Å². The van der Waals surface area contributed by atoms with E-state index in [2.05, 4.69) is 10.6 Å². The number of carbonyl (C=O) groups is 2. The van der Waals surface area contributed by atoms with Gasteiger partial charge >= 0.3 is 0 Å². The minimum Gasteiger partial charge on any atom is -0.326 e. The number of hydrogen-bond donors (Lipinski definition) is 2. The molecule has 0 aliphatic heterocycles. The molecule has 2 amide bonds. The Morgan fingerprint density at radius 1 is 0.839 bits per heavy atom. The maximum atomic E-state index is 12.8. The van der Waals surface area contributed by atoms with Crippen molar-refractivity contribution in [2.75, 3.05) is 22.0 Å². The highest BCUT2D eigenvalue weighted by atomic mass is 32.2. The molecule has 0 saturated carbocycles. The van der Waals surface area contributed by atoms with Crippen molar-refractivity contribution >= 4 is 38.9 Å². The molecule has 0 radical (unpaired) electrons. The van der Waals surface area contributed by atoms with Gasteiger partial charge in [0.2, 0.25) is 5.91 Å². The Hall–Kier alpha value is -3.65. The zero-order chi connectivity index (χ0) is 22.6. The number of aryl methyl sites for hydroxylation is 1. The Kier molecular flexibility index (Phi) is 6.41. The summed E-state index contributed by atoms with van der Waals surface area (Å²) in [6, 6.07) is 19.7. The van der Waals surface area contributed by atoms with E-state index >= 15 is 0 Å². The summed E-state index contributed by atoms with van der Waals surface area (Å²) in [5.74, 6) is -0.556. The maximum absolute atomic E-state index is 12.8. The van der Waals surface area contributed by atoms with Crippen LogP contribution < -0.4 is 14.9 Å². The second-order valence-corrected chi connectivity index (χ2v) is 9.02. The molecule has 7 nitrogen and oxygen atoms in total. The van der Waals surface area contributed by atoms with Crippen molar-refractivity contribution in [3.63, 3.8) is 0 Å². The van der Waals surface area contributed by atoms with Gasteiger partial charge in [-0.05, 0) is 61.5 Å². The summed E-state index contributed by atoms with van der Waals surface area (Å²) in [5.41, 5.74) is 2.88. The third kappa shape index (κ3) is 5.29. The van der Waals surface area contributed by atoms with Crippen molar-refractivity contribution in [1.29, 1.82) is 0 Å². The molecule has 0 unspecified atom stereocenters. The molecule has 3 rings (SSSR count). The van der Waals surface area contributed by atoms with Gasteiger partial charge in [-0.25, -0.2) is 8.42 Å². The van der Waals surface area contributed by atoms with E-state index in [1.54, 1.807) is 72.8 Å². The summed E-state index contributed by atoms with van der Waals surface area (Å²) in [7, 11) is -2.24. The SMILES string of the molecule is CC(=O)Nc1cccc(NC(=O)c2ccc(N(C)S(=O)(=O)c3ccc(C)cc3)cc2)c1. The quantitative estimate of drug-likeness (QED) is 0.609. The van der Waals surface area contributed by atoms with Gasteiger partial charge in [0.15, 0.2) is 0 Å². The van der Waals surface area contributed by atoms with Gasteiger partial charge in [0, 0.05) is 30.9 Å². The van der Waals surface area contributed by atoms with E-state index in [-0.39, 0.29) is 16.7 Å². The summed E-state index contributed by atoms with van der Waals surface area (Å²) in [5, 5.41) is 5.42. The zero-order valence-corrected chi connectivity index (χ0v) is 18.2. The lowest BCUT2D eigenvalue weighted by atomic mass is 10.2. The van der Waals surface area contributed by atoms with Gasteiger partial charge in [0.05, 0.1) is 10.6 Å². The summed E-state index contributed by atoms with van der Waals surface area (Å²) in [4.78, 5) is 23.9. The fourth-order valence-corrected chi connectivity index (χ4v) is 4.11. The Balaban J connectivity index is 1.74. The average molecular weight is 438 g/mol. The fraction of sp³-hybridized carbons (Fsp3) is 0.130. The molecular weight excluding hydrogens is 414 g/mol. The van der Waals surface area contributed by atoms with E-state index in [9.17, 15) is 18.0 Å². The Labute approximate surface area is 181 Å². The summed E-state index contributed by atoms with van der Waals surface area (Å²) in [6.45, 7) is 3.29. The van der Waals surface area contributed by atoms with E-state index < -0.39 is 10.0 Å². The van der Waals surface area contributed by atoms with E-state index in [1.807, 2.05) is 6.92 Å². The predicted octanol–water partition coefficient (Wildman–Crippen LogP) is 4.03. The average Bonchev–Trinajstić information content (AvgIpc) is 2.73. The molecule has 0 saturated heterocycles. The van der Waals surface area contributed by atoms with Gasteiger partial charge in [-0.3, -0.25) is 13.9 Å². The standard InChI is InChI=1S/C23H23N3O4S/c1-16-7-13-22(14-8-16)31(29,30)26(3)21-11-9-18(10-12-21)23(28)25-20-6-4-5-19(15-20)24-17(2)27/h4-15H,1-3H3,(H,24,27)(H,25,28). The minimum absolute atomic E-state index is 0.196. The van der Waals surface area contributed by atoms with E-state index in [0.29, 0.717) is 22.6 Å². The van der Waals surface area contributed by atoms with Gasteiger partial charge < -0.3 is 10.6 Å². The molecule has 0 heterocycles. The van der Waals surface area contributed by atoms with Crippen LogP contribution in [0.25, 0.3) is 0 Å². The van der Waals surface area contributed by atoms with Crippen LogP contribution >= 0.6 is 0 Å². The number of anilines is 3. The van der Waals surface area contributed by atoms with Crippen LogP contribution in [-0.2, 0) is 14.8 Å². The number of benzene rings is 3. The molecule has 0 fully saturated rings. The number of carbonyl (C=O) groups excluding carboxylic acids is 2. The first-order valence-corrected chi connectivity index (χ1v) is 11.0. The van der Waals surface area contributed by atoms with Gasteiger partial charge in [-0.2, -0.15) is 0 Å². The molecule has 0 atom stereocenters.